The summed E-state index contributed by atoms with van der Waals surface area (Å²) in [6.07, 6.45) is 3.94. The summed E-state index contributed by atoms with van der Waals surface area (Å²) in [5.74, 6) is 0. The van der Waals surface area contributed by atoms with Gasteiger partial charge in [-0.15, -0.1) is 0 Å². The second-order valence-electron chi connectivity index (χ2n) is 2.22. The highest BCUT2D eigenvalue weighted by atomic mass is 14.9. The van der Waals surface area contributed by atoms with Crippen LogP contribution in [-0.2, 0) is 0 Å². The molecule has 2 nitrogen and oxygen atoms in total. The van der Waals surface area contributed by atoms with Crippen LogP contribution < -0.4 is 0 Å². The van der Waals surface area contributed by atoms with Gasteiger partial charge < -0.3 is 4.98 Å². The molecule has 1 aromatic heterocycles. The second-order valence-corrected chi connectivity index (χ2v) is 2.22. The van der Waals surface area contributed by atoms with Gasteiger partial charge in [-0.2, -0.15) is 0 Å². The van der Waals surface area contributed by atoms with Crippen LogP contribution in [0, 0.1) is 0 Å². The Morgan fingerprint density at radius 3 is 2.36 bits per heavy atom. The predicted octanol–water partition coefficient (Wildman–Crippen LogP) is 1.73. The van der Waals surface area contributed by atoms with Gasteiger partial charge in [-0.1, -0.05) is 13.8 Å². The van der Waals surface area contributed by atoms with E-state index in [1.54, 1.807) is 0 Å². The largest absolute Gasteiger partial charge is 0.357 e. The van der Waals surface area contributed by atoms with Gasteiger partial charge in [0.1, 0.15) is 19.8 Å². The number of rotatable bonds is 1. The minimum Gasteiger partial charge on any atom is -0.357 e. The van der Waals surface area contributed by atoms with E-state index in [9.17, 15) is 0 Å². The van der Waals surface area contributed by atoms with Crippen molar-refractivity contribution in [2.45, 2.75) is 13.8 Å². The maximum Gasteiger partial charge on any atom is 0.186 e. The standard InChI is InChI=1S/C7H10N2.C2H6/c1-9(2)6-7-4-3-5-8-7;1-2/h3-6H,1-2H3;1-2H3/p+1. The molecule has 62 valence electrons. The third kappa shape index (κ3) is 4.37. The lowest BCUT2D eigenvalue weighted by atomic mass is 10.5. The normalized spacial score (nSPS) is 8.00. The van der Waals surface area contributed by atoms with Crippen molar-refractivity contribution in [1.82, 2.24) is 4.98 Å². The minimum atomic E-state index is 1.14. The average Bonchev–Trinajstić information content (AvgIpc) is 2.43. The molecule has 11 heavy (non-hydrogen) atoms. The van der Waals surface area contributed by atoms with Crippen LogP contribution in [0.3, 0.4) is 0 Å². The maximum absolute atomic E-state index is 3.07. The summed E-state index contributed by atoms with van der Waals surface area (Å²) in [5.41, 5.74) is 1.14. The Bertz CT molecular complexity index is 193. The van der Waals surface area contributed by atoms with Crippen LogP contribution in [0.25, 0.3) is 0 Å². The summed E-state index contributed by atoms with van der Waals surface area (Å²) in [5, 5.41) is 0. The van der Waals surface area contributed by atoms with Crippen molar-refractivity contribution >= 4 is 6.21 Å². The number of H-pyrrole nitrogens is 1. The molecule has 0 spiro atoms. The zero-order valence-electron chi connectivity index (χ0n) is 7.76. The first kappa shape index (κ1) is 9.95. The summed E-state index contributed by atoms with van der Waals surface area (Å²) in [6, 6.07) is 4.01. The Labute approximate surface area is 68.6 Å². The lowest BCUT2D eigenvalue weighted by Crippen LogP contribution is -1.99. The van der Waals surface area contributed by atoms with E-state index in [-0.39, 0.29) is 0 Å². The molecular weight excluding hydrogens is 136 g/mol. The number of nitrogens with zero attached hydrogens (tertiary/aromatic N) is 1. The van der Waals surface area contributed by atoms with Gasteiger partial charge >= 0.3 is 0 Å². The van der Waals surface area contributed by atoms with Crippen molar-refractivity contribution in [3.05, 3.63) is 24.0 Å². The van der Waals surface area contributed by atoms with E-state index in [0.717, 1.165) is 5.69 Å². The first-order valence-electron chi connectivity index (χ1n) is 3.94. The molecule has 0 aromatic carbocycles. The molecule has 0 aliphatic carbocycles. The topological polar surface area (TPSA) is 18.8 Å². The van der Waals surface area contributed by atoms with Gasteiger partial charge in [-0.25, -0.2) is 4.58 Å². The predicted molar refractivity (Wildman–Crippen MR) is 49.4 cm³/mol. The molecule has 0 unspecified atom stereocenters. The molecule has 2 heteroatoms. The SMILES string of the molecule is CC.C[N+](C)=Cc1ccc[nH]1. The Morgan fingerprint density at radius 2 is 2.00 bits per heavy atom. The number of nitrogens with one attached hydrogen (secondary N) is 1. The fourth-order valence-electron chi connectivity index (χ4n) is 0.703. The molecule has 0 bridgehead atoms. The van der Waals surface area contributed by atoms with E-state index in [2.05, 4.69) is 4.98 Å². The summed E-state index contributed by atoms with van der Waals surface area (Å²) >= 11 is 0. The molecule has 0 amide bonds. The average molecular weight is 153 g/mol. The van der Waals surface area contributed by atoms with Crippen molar-refractivity contribution in [2.24, 2.45) is 0 Å². The lowest BCUT2D eigenvalue weighted by Gasteiger charge is -1.81. The molecule has 1 rings (SSSR count). The summed E-state index contributed by atoms with van der Waals surface area (Å²) in [7, 11) is 4.00. The molecular formula is C9H17N2+. The zero-order valence-corrected chi connectivity index (χ0v) is 7.76. The van der Waals surface area contributed by atoms with Crippen LogP contribution in [0.15, 0.2) is 18.3 Å². The minimum absolute atomic E-state index is 1.14. The quantitative estimate of drug-likeness (QED) is 0.468. The van der Waals surface area contributed by atoms with E-state index in [1.807, 2.05) is 57.1 Å². The Morgan fingerprint density at radius 1 is 1.36 bits per heavy atom. The third-order valence-corrected chi connectivity index (χ3v) is 1.02. The smallest absolute Gasteiger partial charge is 0.186 e. The second kappa shape index (κ2) is 5.71. The van der Waals surface area contributed by atoms with Crippen LogP contribution in [-0.4, -0.2) is 29.9 Å². The van der Waals surface area contributed by atoms with Crippen molar-refractivity contribution in [1.29, 1.82) is 0 Å². The van der Waals surface area contributed by atoms with Gasteiger partial charge in [0, 0.05) is 6.20 Å². The molecule has 0 saturated carbocycles. The molecule has 0 aliphatic heterocycles. The van der Waals surface area contributed by atoms with Crippen molar-refractivity contribution in [3.63, 3.8) is 0 Å². The molecule has 1 aromatic rings. The van der Waals surface area contributed by atoms with Gasteiger partial charge in [0.25, 0.3) is 0 Å². The highest BCUT2D eigenvalue weighted by Gasteiger charge is 1.88. The van der Waals surface area contributed by atoms with Crippen molar-refractivity contribution in [2.75, 3.05) is 14.1 Å². The molecule has 0 saturated heterocycles. The fraction of sp³-hybridized carbons (Fsp3) is 0.444. The summed E-state index contributed by atoms with van der Waals surface area (Å²) < 4.78 is 2.01. The Kier molecular flexibility index (Phi) is 5.17. The van der Waals surface area contributed by atoms with Crippen LogP contribution in [0.5, 0.6) is 0 Å². The summed E-state index contributed by atoms with van der Waals surface area (Å²) in [4.78, 5) is 3.07. The number of hydrogen-bond donors (Lipinski definition) is 1. The van der Waals surface area contributed by atoms with Gasteiger partial charge in [-0.05, 0) is 12.1 Å². The van der Waals surface area contributed by atoms with Crippen LogP contribution >= 0.6 is 0 Å². The van der Waals surface area contributed by atoms with Crippen LogP contribution in [0.4, 0.5) is 0 Å². The van der Waals surface area contributed by atoms with Gasteiger partial charge in [-0.3, -0.25) is 0 Å². The van der Waals surface area contributed by atoms with E-state index >= 15 is 0 Å². The van der Waals surface area contributed by atoms with Crippen molar-refractivity contribution in [3.8, 4) is 0 Å². The first-order chi connectivity index (χ1) is 5.29. The van der Waals surface area contributed by atoms with E-state index in [1.165, 1.54) is 0 Å². The molecule has 0 radical (unpaired) electrons. The van der Waals surface area contributed by atoms with Crippen LogP contribution in [0.2, 0.25) is 0 Å². The highest BCUT2D eigenvalue weighted by molar-refractivity contribution is 5.72. The van der Waals surface area contributed by atoms with E-state index < -0.39 is 0 Å². The molecule has 0 atom stereocenters. The molecule has 0 fully saturated rings. The van der Waals surface area contributed by atoms with Gasteiger partial charge in [0.05, 0.1) is 0 Å². The first-order valence-corrected chi connectivity index (χ1v) is 3.94. The number of hydrogen-bond acceptors (Lipinski definition) is 0. The van der Waals surface area contributed by atoms with Crippen LogP contribution in [0.1, 0.15) is 19.5 Å². The molecule has 0 aliphatic rings. The number of aromatic amines is 1. The monoisotopic (exact) mass is 153 g/mol. The molecule has 1 N–H and O–H groups in total. The van der Waals surface area contributed by atoms with Crippen molar-refractivity contribution < 1.29 is 4.58 Å². The zero-order chi connectivity index (χ0) is 8.69. The number of aromatic nitrogens is 1. The Hall–Kier alpha value is -1.05. The van der Waals surface area contributed by atoms with Gasteiger partial charge in [0.15, 0.2) is 6.21 Å². The van der Waals surface area contributed by atoms with Gasteiger partial charge in [0.2, 0.25) is 0 Å². The molecule has 1 heterocycles. The van der Waals surface area contributed by atoms with E-state index in [4.69, 9.17) is 0 Å². The Balaban J connectivity index is 0.000000461. The van der Waals surface area contributed by atoms with E-state index in [0.29, 0.717) is 0 Å². The highest BCUT2D eigenvalue weighted by Crippen LogP contribution is 1.87. The lowest BCUT2D eigenvalue weighted by molar-refractivity contribution is -0.458. The fourth-order valence-corrected chi connectivity index (χ4v) is 0.703. The summed E-state index contributed by atoms with van der Waals surface area (Å²) in [6.45, 7) is 4.00. The third-order valence-electron chi connectivity index (χ3n) is 1.02. The maximum atomic E-state index is 3.07.